The van der Waals surface area contributed by atoms with Crippen LogP contribution in [0.1, 0.15) is 26.2 Å². The van der Waals surface area contributed by atoms with Crippen molar-refractivity contribution in [2.75, 3.05) is 20.3 Å². The lowest BCUT2D eigenvalue weighted by Crippen LogP contribution is -2.46. The molecule has 0 bridgehead atoms. The molecule has 1 aromatic rings. The van der Waals surface area contributed by atoms with Gasteiger partial charge >= 0.3 is 0 Å². The number of ether oxygens (including phenoxy) is 1. The number of benzene rings is 1. The van der Waals surface area contributed by atoms with Gasteiger partial charge < -0.3 is 15.2 Å². The van der Waals surface area contributed by atoms with Crippen LogP contribution in [-0.2, 0) is 0 Å². The van der Waals surface area contributed by atoms with Crippen molar-refractivity contribution >= 4 is 11.8 Å². The van der Waals surface area contributed by atoms with E-state index in [1.54, 1.807) is 7.11 Å². The van der Waals surface area contributed by atoms with E-state index in [1.165, 1.54) is 4.90 Å². The maximum atomic E-state index is 9.62. The number of aliphatic hydroxyl groups excluding tert-OH is 1. The van der Waals surface area contributed by atoms with Crippen molar-refractivity contribution in [3.63, 3.8) is 0 Å². The van der Waals surface area contributed by atoms with Gasteiger partial charge in [0.1, 0.15) is 5.75 Å². The lowest BCUT2D eigenvalue weighted by molar-refractivity contribution is 0.167. The van der Waals surface area contributed by atoms with Crippen molar-refractivity contribution in [1.82, 2.24) is 5.32 Å². The molecule has 0 heterocycles. The molecule has 2 atom stereocenters. The van der Waals surface area contributed by atoms with E-state index in [0.717, 1.165) is 31.6 Å². The smallest absolute Gasteiger partial charge is 0.119 e. The number of methoxy groups -OCH3 is 1. The maximum absolute atomic E-state index is 9.62. The summed E-state index contributed by atoms with van der Waals surface area (Å²) in [6.07, 6.45) is 3.23. The Bertz CT molecular complexity index is 413. The SMILES string of the molecule is CCNC1(CO)CCC(Sc2cccc(OC)c2)C1. The zero-order valence-corrected chi connectivity index (χ0v) is 12.5. The van der Waals surface area contributed by atoms with E-state index in [1.807, 2.05) is 23.9 Å². The molecule has 106 valence electrons. The van der Waals surface area contributed by atoms with Crippen LogP contribution < -0.4 is 10.1 Å². The number of aliphatic hydroxyl groups is 1. The summed E-state index contributed by atoms with van der Waals surface area (Å²) in [5, 5.41) is 13.6. The van der Waals surface area contributed by atoms with Crippen LogP contribution in [0.3, 0.4) is 0 Å². The van der Waals surface area contributed by atoms with Gasteiger partial charge in [0.2, 0.25) is 0 Å². The molecular formula is C15H23NO2S. The number of hydrogen-bond donors (Lipinski definition) is 2. The number of rotatable bonds is 6. The Morgan fingerprint density at radius 2 is 2.37 bits per heavy atom. The van der Waals surface area contributed by atoms with Gasteiger partial charge in [0.15, 0.2) is 0 Å². The van der Waals surface area contributed by atoms with Gasteiger partial charge in [0.05, 0.1) is 13.7 Å². The lowest BCUT2D eigenvalue weighted by Gasteiger charge is -2.28. The fourth-order valence-electron chi connectivity index (χ4n) is 2.78. The molecule has 1 aliphatic carbocycles. The number of thioether (sulfide) groups is 1. The quantitative estimate of drug-likeness (QED) is 0.841. The Balaban J connectivity index is 1.97. The van der Waals surface area contributed by atoms with E-state index < -0.39 is 0 Å². The van der Waals surface area contributed by atoms with Gasteiger partial charge in [-0.05, 0) is 44.0 Å². The first-order valence-corrected chi connectivity index (χ1v) is 7.76. The van der Waals surface area contributed by atoms with E-state index in [2.05, 4.69) is 24.4 Å². The second kappa shape index (κ2) is 6.64. The molecule has 0 aliphatic heterocycles. The molecule has 0 aromatic heterocycles. The largest absolute Gasteiger partial charge is 0.497 e. The first-order chi connectivity index (χ1) is 9.21. The van der Waals surface area contributed by atoms with Gasteiger partial charge in [-0.3, -0.25) is 0 Å². The van der Waals surface area contributed by atoms with Crippen LogP contribution in [0.25, 0.3) is 0 Å². The molecule has 0 saturated heterocycles. The third-order valence-corrected chi connectivity index (χ3v) is 5.02. The summed E-state index contributed by atoms with van der Waals surface area (Å²) < 4.78 is 5.25. The molecule has 2 N–H and O–H groups in total. The minimum absolute atomic E-state index is 0.0642. The Morgan fingerprint density at radius 3 is 3.05 bits per heavy atom. The molecule has 2 rings (SSSR count). The van der Waals surface area contributed by atoms with Crippen LogP contribution in [0.2, 0.25) is 0 Å². The molecule has 1 aromatic carbocycles. The molecule has 3 nitrogen and oxygen atoms in total. The average Bonchev–Trinajstić information content (AvgIpc) is 2.83. The molecule has 1 saturated carbocycles. The normalized spacial score (nSPS) is 26.6. The van der Waals surface area contributed by atoms with Crippen molar-refractivity contribution in [2.24, 2.45) is 0 Å². The minimum atomic E-state index is -0.0642. The first-order valence-electron chi connectivity index (χ1n) is 6.88. The molecule has 0 radical (unpaired) electrons. The first kappa shape index (κ1) is 14.7. The van der Waals surface area contributed by atoms with E-state index in [0.29, 0.717) is 5.25 Å². The summed E-state index contributed by atoms with van der Waals surface area (Å²) in [6.45, 7) is 3.24. The Hall–Kier alpha value is -0.710. The minimum Gasteiger partial charge on any atom is -0.497 e. The predicted octanol–water partition coefficient (Wildman–Crippen LogP) is 2.68. The molecule has 4 heteroatoms. The summed E-state index contributed by atoms with van der Waals surface area (Å²) in [4.78, 5) is 1.24. The van der Waals surface area contributed by atoms with E-state index >= 15 is 0 Å². The highest BCUT2D eigenvalue weighted by molar-refractivity contribution is 8.00. The van der Waals surface area contributed by atoms with Crippen LogP contribution in [0.5, 0.6) is 5.75 Å². The van der Waals surface area contributed by atoms with E-state index in [9.17, 15) is 5.11 Å². The highest BCUT2D eigenvalue weighted by atomic mass is 32.2. The van der Waals surface area contributed by atoms with Crippen LogP contribution in [-0.4, -0.2) is 36.2 Å². The summed E-state index contributed by atoms with van der Waals surface area (Å²) >= 11 is 1.89. The number of nitrogens with one attached hydrogen (secondary N) is 1. The average molecular weight is 281 g/mol. The monoisotopic (exact) mass is 281 g/mol. The zero-order chi connectivity index (χ0) is 13.7. The molecular weight excluding hydrogens is 258 g/mol. The second-order valence-electron chi connectivity index (χ2n) is 5.13. The summed E-state index contributed by atoms with van der Waals surface area (Å²) in [7, 11) is 1.70. The highest BCUT2D eigenvalue weighted by Crippen LogP contribution is 2.40. The van der Waals surface area contributed by atoms with Gasteiger partial charge in [0, 0.05) is 15.7 Å². The van der Waals surface area contributed by atoms with Gasteiger partial charge in [-0.25, -0.2) is 0 Å². The van der Waals surface area contributed by atoms with Crippen molar-refractivity contribution in [2.45, 2.75) is 41.9 Å². The van der Waals surface area contributed by atoms with E-state index in [4.69, 9.17) is 4.74 Å². The molecule has 1 fully saturated rings. The summed E-state index contributed by atoms with van der Waals surface area (Å²) in [5.41, 5.74) is -0.0642. The topological polar surface area (TPSA) is 41.5 Å². The number of likely N-dealkylation sites (N-methyl/N-ethyl adjacent to an activating group) is 1. The molecule has 0 amide bonds. The van der Waals surface area contributed by atoms with Crippen molar-refractivity contribution < 1.29 is 9.84 Å². The molecule has 1 aliphatic rings. The third-order valence-electron chi connectivity index (χ3n) is 3.76. The fraction of sp³-hybridized carbons (Fsp3) is 0.600. The summed E-state index contributed by atoms with van der Waals surface area (Å²) in [5.74, 6) is 0.906. The zero-order valence-electron chi connectivity index (χ0n) is 11.7. The standard InChI is InChI=1S/C15H23NO2S/c1-3-16-15(11-17)8-7-14(10-15)19-13-6-4-5-12(9-13)18-2/h4-6,9,14,16-17H,3,7-8,10-11H2,1-2H3. The molecule has 19 heavy (non-hydrogen) atoms. The summed E-state index contributed by atoms with van der Waals surface area (Å²) in [6, 6.07) is 8.20. The van der Waals surface area contributed by atoms with Crippen molar-refractivity contribution in [3.05, 3.63) is 24.3 Å². The van der Waals surface area contributed by atoms with Crippen LogP contribution in [0, 0.1) is 0 Å². The Labute approximate surface area is 119 Å². The van der Waals surface area contributed by atoms with E-state index in [-0.39, 0.29) is 12.1 Å². The van der Waals surface area contributed by atoms with Crippen LogP contribution >= 0.6 is 11.8 Å². The Kier molecular flexibility index (Phi) is 5.13. The fourth-order valence-corrected chi connectivity index (χ4v) is 4.14. The maximum Gasteiger partial charge on any atom is 0.119 e. The second-order valence-corrected chi connectivity index (χ2v) is 6.50. The van der Waals surface area contributed by atoms with Gasteiger partial charge in [-0.2, -0.15) is 0 Å². The lowest BCUT2D eigenvalue weighted by atomic mass is 9.99. The van der Waals surface area contributed by atoms with Gasteiger partial charge in [-0.15, -0.1) is 11.8 Å². The van der Waals surface area contributed by atoms with Crippen LogP contribution in [0.4, 0.5) is 0 Å². The number of hydrogen-bond acceptors (Lipinski definition) is 4. The van der Waals surface area contributed by atoms with Crippen molar-refractivity contribution in [3.8, 4) is 5.75 Å². The highest BCUT2D eigenvalue weighted by Gasteiger charge is 2.38. The van der Waals surface area contributed by atoms with Gasteiger partial charge in [0.25, 0.3) is 0 Å². The van der Waals surface area contributed by atoms with Crippen LogP contribution in [0.15, 0.2) is 29.2 Å². The molecule has 2 unspecified atom stereocenters. The predicted molar refractivity (Wildman–Crippen MR) is 80.0 cm³/mol. The third kappa shape index (κ3) is 3.65. The van der Waals surface area contributed by atoms with Crippen molar-refractivity contribution in [1.29, 1.82) is 0 Å². The Morgan fingerprint density at radius 1 is 1.53 bits per heavy atom. The van der Waals surface area contributed by atoms with Gasteiger partial charge in [-0.1, -0.05) is 13.0 Å². The molecule has 0 spiro atoms.